The lowest BCUT2D eigenvalue weighted by Gasteiger charge is -2.28. The molecule has 11 heavy (non-hydrogen) atoms. The van der Waals surface area contributed by atoms with E-state index in [0.717, 1.165) is 0 Å². The SMILES string of the molecule is CC(=O)N1C[C@H]2NC(=O)[C@@H]2C1. The van der Waals surface area contributed by atoms with Gasteiger partial charge in [0.15, 0.2) is 0 Å². The molecule has 4 nitrogen and oxygen atoms in total. The lowest BCUT2D eigenvalue weighted by atomic mass is 9.95. The van der Waals surface area contributed by atoms with Crippen LogP contribution in [0.15, 0.2) is 0 Å². The van der Waals surface area contributed by atoms with Crippen molar-refractivity contribution < 1.29 is 9.59 Å². The van der Waals surface area contributed by atoms with Gasteiger partial charge in [0.05, 0.1) is 12.0 Å². The van der Waals surface area contributed by atoms with Crippen LogP contribution >= 0.6 is 0 Å². The minimum atomic E-state index is 0.0639. The number of nitrogens with one attached hydrogen (secondary N) is 1. The van der Waals surface area contributed by atoms with Gasteiger partial charge in [-0.1, -0.05) is 0 Å². The van der Waals surface area contributed by atoms with Gasteiger partial charge in [-0.05, 0) is 0 Å². The average Bonchev–Trinajstić information content (AvgIpc) is 2.26. The van der Waals surface area contributed by atoms with Crippen LogP contribution in [0.5, 0.6) is 0 Å². The maximum absolute atomic E-state index is 10.9. The minimum Gasteiger partial charge on any atom is -0.350 e. The Hall–Kier alpha value is -1.06. The Balaban J connectivity index is 2.04. The second-order valence-corrected chi connectivity index (χ2v) is 3.15. The Morgan fingerprint density at radius 3 is 2.82 bits per heavy atom. The van der Waals surface area contributed by atoms with E-state index in [9.17, 15) is 9.59 Å². The summed E-state index contributed by atoms with van der Waals surface area (Å²) in [6.45, 7) is 2.85. The van der Waals surface area contributed by atoms with Gasteiger partial charge in [-0.15, -0.1) is 0 Å². The molecule has 0 aromatic rings. The summed E-state index contributed by atoms with van der Waals surface area (Å²) in [5.74, 6) is 0.242. The van der Waals surface area contributed by atoms with Crippen LogP contribution in [0, 0.1) is 5.92 Å². The maximum atomic E-state index is 10.9. The van der Waals surface area contributed by atoms with Crippen molar-refractivity contribution in [3.05, 3.63) is 0 Å². The fourth-order valence-electron chi connectivity index (χ4n) is 1.67. The maximum Gasteiger partial charge on any atom is 0.227 e. The van der Waals surface area contributed by atoms with Crippen molar-refractivity contribution in [3.63, 3.8) is 0 Å². The van der Waals surface area contributed by atoms with E-state index in [2.05, 4.69) is 5.32 Å². The molecule has 0 aliphatic carbocycles. The summed E-state index contributed by atoms with van der Waals surface area (Å²) < 4.78 is 0. The first-order chi connectivity index (χ1) is 5.18. The molecule has 0 saturated carbocycles. The van der Waals surface area contributed by atoms with Crippen LogP contribution in [-0.2, 0) is 9.59 Å². The third kappa shape index (κ3) is 0.818. The summed E-state index contributed by atoms with van der Waals surface area (Å²) >= 11 is 0. The highest BCUT2D eigenvalue weighted by molar-refractivity contribution is 5.88. The van der Waals surface area contributed by atoms with E-state index in [4.69, 9.17) is 0 Å². The molecule has 2 aliphatic heterocycles. The number of rotatable bonds is 0. The first-order valence-corrected chi connectivity index (χ1v) is 3.74. The second-order valence-electron chi connectivity index (χ2n) is 3.15. The summed E-state index contributed by atoms with van der Waals surface area (Å²) in [5.41, 5.74) is 0. The largest absolute Gasteiger partial charge is 0.350 e. The molecule has 2 amide bonds. The van der Waals surface area contributed by atoms with Crippen molar-refractivity contribution >= 4 is 11.8 Å². The Labute approximate surface area is 64.5 Å². The van der Waals surface area contributed by atoms with Crippen molar-refractivity contribution in [2.45, 2.75) is 13.0 Å². The van der Waals surface area contributed by atoms with Crippen LogP contribution < -0.4 is 5.32 Å². The summed E-state index contributed by atoms with van der Waals surface area (Å²) in [6.07, 6.45) is 0. The van der Waals surface area contributed by atoms with Gasteiger partial charge in [-0.2, -0.15) is 0 Å². The number of nitrogens with zero attached hydrogens (tertiary/aromatic N) is 1. The van der Waals surface area contributed by atoms with Crippen LogP contribution in [0.2, 0.25) is 0 Å². The van der Waals surface area contributed by atoms with E-state index in [-0.39, 0.29) is 23.8 Å². The summed E-state index contributed by atoms with van der Waals surface area (Å²) in [7, 11) is 0. The molecule has 60 valence electrons. The predicted octanol–water partition coefficient (Wildman–Crippen LogP) is -1.04. The Morgan fingerprint density at radius 1 is 1.64 bits per heavy atom. The van der Waals surface area contributed by atoms with Crippen molar-refractivity contribution in [3.8, 4) is 0 Å². The highest BCUT2D eigenvalue weighted by Crippen LogP contribution is 2.24. The highest BCUT2D eigenvalue weighted by atomic mass is 16.2. The lowest BCUT2D eigenvalue weighted by Crippen LogP contribution is -2.57. The standard InChI is InChI=1S/C7H10N2O2/c1-4(10)9-2-5-6(3-9)8-7(5)11/h5-6H,2-3H2,1H3,(H,8,11)/t5-,6-/m1/s1. The second kappa shape index (κ2) is 1.96. The van der Waals surface area contributed by atoms with Gasteiger partial charge >= 0.3 is 0 Å². The number of fused-ring (bicyclic) bond motifs is 1. The quantitative estimate of drug-likeness (QED) is 0.453. The van der Waals surface area contributed by atoms with E-state index in [1.54, 1.807) is 4.90 Å². The van der Waals surface area contributed by atoms with Gasteiger partial charge in [-0.25, -0.2) is 0 Å². The molecule has 4 heteroatoms. The van der Waals surface area contributed by atoms with Crippen LogP contribution in [0.4, 0.5) is 0 Å². The molecule has 2 atom stereocenters. The predicted molar refractivity (Wildman–Crippen MR) is 37.7 cm³/mol. The first kappa shape index (κ1) is 6.64. The number of carbonyl (C=O) groups is 2. The first-order valence-electron chi connectivity index (χ1n) is 3.74. The molecule has 2 rings (SSSR count). The fraction of sp³-hybridized carbons (Fsp3) is 0.714. The Bertz CT molecular complexity index is 226. The van der Waals surface area contributed by atoms with Crippen LogP contribution in [0.3, 0.4) is 0 Å². The number of hydrogen-bond acceptors (Lipinski definition) is 2. The third-order valence-electron chi connectivity index (χ3n) is 2.43. The van der Waals surface area contributed by atoms with E-state index in [1.165, 1.54) is 6.92 Å². The van der Waals surface area contributed by atoms with Crippen molar-refractivity contribution in [2.75, 3.05) is 13.1 Å². The minimum absolute atomic E-state index is 0.0639. The van der Waals surface area contributed by atoms with Gasteiger partial charge in [0.2, 0.25) is 11.8 Å². The molecular formula is C7H10N2O2. The molecular weight excluding hydrogens is 144 g/mol. The van der Waals surface area contributed by atoms with Gasteiger partial charge in [-0.3, -0.25) is 9.59 Å². The zero-order valence-electron chi connectivity index (χ0n) is 6.33. The number of hydrogen-bond donors (Lipinski definition) is 1. The van der Waals surface area contributed by atoms with E-state index >= 15 is 0 Å². The van der Waals surface area contributed by atoms with Gasteiger partial charge in [0.25, 0.3) is 0 Å². The lowest BCUT2D eigenvalue weighted by molar-refractivity contribution is -0.132. The smallest absolute Gasteiger partial charge is 0.227 e. The number of likely N-dealkylation sites (tertiary alicyclic amines) is 1. The highest BCUT2D eigenvalue weighted by Gasteiger charge is 2.46. The molecule has 0 bridgehead atoms. The topological polar surface area (TPSA) is 49.4 Å². The van der Waals surface area contributed by atoms with Crippen molar-refractivity contribution in [1.82, 2.24) is 10.2 Å². The van der Waals surface area contributed by atoms with Gasteiger partial charge in [0, 0.05) is 20.0 Å². The summed E-state index contributed by atoms with van der Waals surface area (Å²) in [5, 5.41) is 2.76. The molecule has 0 unspecified atom stereocenters. The van der Waals surface area contributed by atoms with Crippen LogP contribution in [0.1, 0.15) is 6.92 Å². The van der Waals surface area contributed by atoms with E-state index < -0.39 is 0 Å². The summed E-state index contributed by atoms with van der Waals surface area (Å²) in [4.78, 5) is 23.4. The van der Waals surface area contributed by atoms with Crippen molar-refractivity contribution in [2.24, 2.45) is 5.92 Å². The Kier molecular flexibility index (Phi) is 1.19. The molecule has 2 aliphatic rings. The zero-order valence-corrected chi connectivity index (χ0v) is 6.33. The van der Waals surface area contributed by atoms with Crippen molar-refractivity contribution in [1.29, 1.82) is 0 Å². The van der Waals surface area contributed by atoms with Crippen LogP contribution in [0.25, 0.3) is 0 Å². The molecule has 0 spiro atoms. The molecule has 0 aromatic heterocycles. The third-order valence-corrected chi connectivity index (χ3v) is 2.43. The summed E-state index contributed by atoms with van der Waals surface area (Å²) in [6, 6.07) is 0.242. The molecule has 1 N–H and O–H groups in total. The molecule has 0 aromatic carbocycles. The normalized spacial score (nSPS) is 34.3. The zero-order chi connectivity index (χ0) is 8.01. The molecule has 2 saturated heterocycles. The average molecular weight is 154 g/mol. The van der Waals surface area contributed by atoms with Crippen LogP contribution in [-0.4, -0.2) is 35.8 Å². The fourth-order valence-corrected chi connectivity index (χ4v) is 1.67. The Morgan fingerprint density at radius 2 is 2.36 bits per heavy atom. The number of carbonyl (C=O) groups excluding carboxylic acids is 2. The molecule has 2 heterocycles. The number of amides is 2. The van der Waals surface area contributed by atoms with Gasteiger partial charge in [0.1, 0.15) is 0 Å². The molecule has 2 fully saturated rings. The number of β-lactam (4-membered cyclic amide) rings is 1. The monoisotopic (exact) mass is 154 g/mol. The van der Waals surface area contributed by atoms with E-state index in [0.29, 0.717) is 13.1 Å². The van der Waals surface area contributed by atoms with E-state index in [1.807, 2.05) is 0 Å². The molecule has 0 radical (unpaired) electrons. The van der Waals surface area contributed by atoms with Gasteiger partial charge < -0.3 is 10.2 Å².